The van der Waals surface area contributed by atoms with Crippen molar-refractivity contribution in [2.24, 2.45) is 7.05 Å². The lowest BCUT2D eigenvalue weighted by Crippen LogP contribution is -2.12. The molecular weight excluding hydrogens is 214 g/mol. The van der Waals surface area contributed by atoms with Crippen molar-refractivity contribution >= 4 is 5.69 Å². The second-order valence-electron chi connectivity index (χ2n) is 3.96. The molecule has 1 aromatic carbocycles. The molecule has 0 amide bonds. The molecule has 0 saturated heterocycles. The van der Waals surface area contributed by atoms with Gasteiger partial charge in [0.25, 0.3) is 0 Å². The van der Waals surface area contributed by atoms with Gasteiger partial charge in [-0.25, -0.2) is 4.98 Å². The van der Waals surface area contributed by atoms with Gasteiger partial charge in [0.1, 0.15) is 11.6 Å². The van der Waals surface area contributed by atoms with E-state index in [1.54, 1.807) is 13.3 Å². The van der Waals surface area contributed by atoms with E-state index in [-0.39, 0.29) is 6.04 Å². The van der Waals surface area contributed by atoms with Crippen LogP contribution in [0.5, 0.6) is 5.75 Å². The topological polar surface area (TPSA) is 39.1 Å². The summed E-state index contributed by atoms with van der Waals surface area (Å²) in [5.41, 5.74) is 0.977. The lowest BCUT2D eigenvalue weighted by molar-refractivity contribution is 0.416. The maximum Gasteiger partial charge on any atom is 0.141 e. The van der Waals surface area contributed by atoms with E-state index < -0.39 is 0 Å². The van der Waals surface area contributed by atoms with Gasteiger partial charge in [0.05, 0.1) is 18.8 Å². The van der Waals surface area contributed by atoms with Crippen molar-refractivity contribution in [3.63, 3.8) is 0 Å². The number of nitrogens with zero attached hydrogens (tertiary/aromatic N) is 2. The molecule has 2 rings (SSSR count). The standard InChI is InChI=1S/C13H17N3O/c1-10(13-14-8-9-16(13)2)15-11-6-4-5-7-12(11)17-3/h4-10,15H,1-3H3. The highest BCUT2D eigenvalue weighted by molar-refractivity contribution is 5.56. The molecule has 0 spiro atoms. The molecule has 4 heteroatoms. The van der Waals surface area contributed by atoms with Crippen molar-refractivity contribution in [1.82, 2.24) is 9.55 Å². The van der Waals surface area contributed by atoms with Crippen LogP contribution in [-0.4, -0.2) is 16.7 Å². The zero-order valence-corrected chi connectivity index (χ0v) is 10.3. The van der Waals surface area contributed by atoms with E-state index in [9.17, 15) is 0 Å². The third-order valence-electron chi connectivity index (χ3n) is 2.72. The monoisotopic (exact) mass is 231 g/mol. The number of rotatable bonds is 4. The Morgan fingerprint density at radius 1 is 1.35 bits per heavy atom. The van der Waals surface area contributed by atoms with Crippen LogP contribution in [0.2, 0.25) is 0 Å². The second-order valence-corrected chi connectivity index (χ2v) is 3.96. The van der Waals surface area contributed by atoms with E-state index in [0.717, 1.165) is 17.3 Å². The molecule has 1 heterocycles. The highest BCUT2D eigenvalue weighted by atomic mass is 16.5. The van der Waals surface area contributed by atoms with Crippen LogP contribution >= 0.6 is 0 Å². The predicted octanol–water partition coefficient (Wildman–Crippen LogP) is 2.60. The van der Waals surface area contributed by atoms with Gasteiger partial charge >= 0.3 is 0 Å². The zero-order chi connectivity index (χ0) is 12.3. The molecular formula is C13H17N3O. The van der Waals surface area contributed by atoms with Gasteiger partial charge in [0.15, 0.2) is 0 Å². The first-order valence-electron chi connectivity index (χ1n) is 5.59. The van der Waals surface area contributed by atoms with Crippen molar-refractivity contribution < 1.29 is 4.74 Å². The Morgan fingerprint density at radius 3 is 2.76 bits per heavy atom. The van der Waals surface area contributed by atoms with Gasteiger partial charge in [0.2, 0.25) is 0 Å². The number of hydrogen-bond donors (Lipinski definition) is 1. The quantitative estimate of drug-likeness (QED) is 0.879. The molecule has 1 unspecified atom stereocenters. The van der Waals surface area contributed by atoms with E-state index in [2.05, 4.69) is 17.2 Å². The Balaban J connectivity index is 2.18. The number of methoxy groups -OCH3 is 1. The molecule has 0 radical (unpaired) electrons. The maximum absolute atomic E-state index is 5.30. The average Bonchev–Trinajstić information content (AvgIpc) is 2.76. The first kappa shape index (κ1) is 11.5. The largest absolute Gasteiger partial charge is 0.495 e. The number of hydrogen-bond acceptors (Lipinski definition) is 3. The number of imidazole rings is 1. The lowest BCUT2D eigenvalue weighted by Gasteiger charge is -2.17. The minimum absolute atomic E-state index is 0.131. The second kappa shape index (κ2) is 4.91. The number of aromatic nitrogens is 2. The fourth-order valence-corrected chi connectivity index (χ4v) is 1.86. The van der Waals surface area contributed by atoms with Gasteiger partial charge in [-0.3, -0.25) is 0 Å². The number of benzene rings is 1. The molecule has 1 aromatic heterocycles. The molecule has 17 heavy (non-hydrogen) atoms. The average molecular weight is 231 g/mol. The molecule has 0 aliphatic carbocycles. The van der Waals surface area contributed by atoms with Crippen molar-refractivity contribution in [1.29, 1.82) is 0 Å². The maximum atomic E-state index is 5.30. The van der Waals surface area contributed by atoms with Gasteiger partial charge in [-0.05, 0) is 19.1 Å². The molecule has 0 bridgehead atoms. The van der Waals surface area contributed by atoms with Crippen LogP contribution in [0, 0.1) is 0 Å². The number of aryl methyl sites for hydroxylation is 1. The van der Waals surface area contributed by atoms with E-state index in [1.165, 1.54) is 0 Å². The van der Waals surface area contributed by atoms with Crippen LogP contribution in [0.1, 0.15) is 18.8 Å². The van der Waals surface area contributed by atoms with E-state index >= 15 is 0 Å². The lowest BCUT2D eigenvalue weighted by atomic mass is 10.2. The Hall–Kier alpha value is -1.97. The molecule has 0 aliphatic rings. The molecule has 0 fully saturated rings. The summed E-state index contributed by atoms with van der Waals surface area (Å²) >= 11 is 0. The van der Waals surface area contributed by atoms with E-state index in [1.807, 2.05) is 42.1 Å². The van der Waals surface area contributed by atoms with Gasteiger partial charge in [-0.15, -0.1) is 0 Å². The minimum atomic E-state index is 0.131. The zero-order valence-electron chi connectivity index (χ0n) is 10.3. The Kier molecular flexibility index (Phi) is 3.32. The van der Waals surface area contributed by atoms with Crippen LogP contribution in [0.3, 0.4) is 0 Å². The summed E-state index contributed by atoms with van der Waals surface area (Å²) in [6.45, 7) is 2.08. The molecule has 1 atom stereocenters. The Bertz CT molecular complexity index is 493. The predicted molar refractivity (Wildman–Crippen MR) is 68.2 cm³/mol. The highest BCUT2D eigenvalue weighted by Gasteiger charge is 2.11. The molecule has 1 N–H and O–H groups in total. The van der Waals surface area contributed by atoms with Crippen molar-refractivity contribution in [3.05, 3.63) is 42.5 Å². The third kappa shape index (κ3) is 2.41. The summed E-state index contributed by atoms with van der Waals surface area (Å²) in [5.74, 6) is 1.84. The number of anilines is 1. The summed E-state index contributed by atoms with van der Waals surface area (Å²) in [7, 11) is 3.66. The van der Waals surface area contributed by atoms with E-state index in [4.69, 9.17) is 4.74 Å². The first-order valence-corrected chi connectivity index (χ1v) is 5.59. The molecule has 4 nitrogen and oxygen atoms in total. The summed E-state index contributed by atoms with van der Waals surface area (Å²) < 4.78 is 7.31. The fourth-order valence-electron chi connectivity index (χ4n) is 1.86. The molecule has 0 aliphatic heterocycles. The summed E-state index contributed by atoms with van der Waals surface area (Å²) in [6.07, 6.45) is 3.74. The van der Waals surface area contributed by atoms with Gasteiger partial charge in [-0.1, -0.05) is 12.1 Å². The van der Waals surface area contributed by atoms with Gasteiger partial charge in [-0.2, -0.15) is 0 Å². The molecule has 90 valence electrons. The summed E-state index contributed by atoms with van der Waals surface area (Å²) in [4.78, 5) is 4.33. The Labute approximate surface area is 101 Å². The molecule has 2 aromatic rings. The van der Waals surface area contributed by atoms with Crippen molar-refractivity contribution in [2.75, 3.05) is 12.4 Å². The smallest absolute Gasteiger partial charge is 0.141 e. The SMILES string of the molecule is COc1ccccc1NC(C)c1nccn1C. The number of ether oxygens (including phenoxy) is 1. The Morgan fingerprint density at radius 2 is 2.12 bits per heavy atom. The van der Waals surface area contributed by atoms with Crippen LogP contribution < -0.4 is 10.1 Å². The van der Waals surface area contributed by atoms with Crippen LogP contribution in [0.4, 0.5) is 5.69 Å². The third-order valence-corrected chi connectivity index (χ3v) is 2.72. The summed E-state index contributed by atoms with van der Waals surface area (Å²) in [6, 6.07) is 8.00. The van der Waals surface area contributed by atoms with Crippen LogP contribution in [0.25, 0.3) is 0 Å². The normalized spacial score (nSPS) is 12.2. The number of nitrogens with one attached hydrogen (secondary N) is 1. The van der Waals surface area contributed by atoms with Crippen molar-refractivity contribution in [3.8, 4) is 5.75 Å². The van der Waals surface area contributed by atoms with E-state index in [0.29, 0.717) is 0 Å². The highest BCUT2D eigenvalue weighted by Crippen LogP contribution is 2.26. The first-order chi connectivity index (χ1) is 8.22. The summed E-state index contributed by atoms with van der Waals surface area (Å²) in [5, 5.41) is 3.40. The fraction of sp³-hybridized carbons (Fsp3) is 0.308. The van der Waals surface area contributed by atoms with Crippen molar-refractivity contribution in [2.45, 2.75) is 13.0 Å². The van der Waals surface area contributed by atoms with Crippen LogP contribution in [-0.2, 0) is 7.05 Å². The van der Waals surface area contributed by atoms with Gasteiger partial charge < -0.3 is 14.6 Å². The van der Waals surface area contributed by atoms with Crippen LogP contribution in [0.15, 0.2) is 36.7 Å². The minimum Gasteiger partial charge on any atom is -0.495 e. The molecule has 0 saturated carbocycles. The number of para-hydroxylation sites is 2. The van der Waals surface area contributed by atoms with Gasteiger partial charge in [0, 0.05) is 19.4 Å².